The third-order valence-electron chi connectivity index (χ3n) is 3.63. The lowest BCUT2D eigenvalue weighted by molar-refractivity contribution is -0.121. The first-order chi connectivity index (χ1) is 9.08. The van der Waals surface area contributed by atoms with Crippen LogP contribution in [-0.2, 0) is 4.79 Å². The molecule has 1 amide bonds. The normalized spacial score (nSPS) is 19.3. The van der Waals surface area contributed by atoms with Gasteiger partial charge in [0.05, 0.1) is 0 Å². The van der Waals surface area contributed by atoms with Crippen LogP contribution in [0.4, 0.5) is 0 Å². The number of nitrogens with one attached hydrogen (secondary N) is 1. The Morgan fingerprint density at radius 1 is 1.26 bits per heavy atom. The van der Waals surface area contributed by atoms with E-state index < -0.39 is 0 Å². The van der Waals surface area contributed by atoms with Gasteiger partial charge < -0.3 is 20.9 Å². The number of hydrogen-bond acceptors (Lipinski definition) is 4. The molecule has 1 heterocycles. The van der Waals surface area contributed by atoms with Gasteiger partial charge in [0.2, 0.25) is 5.91 Å². The second kappa shape index (κ2) is 9.28. The van der Waals surface area contributed by atoms with Gasteiger partial charge in [-0.2, -0.15) is 0 Å². The predicted molar refractivity (Wildman–Crippen MR) is 79.1 cm³/mol. The second-order valence-corrected chi connectivity index (χ2v) is 5.72. The molecule has 3 N–H and O–H groups in total. The van der Waals surface area contributed by atoms with Crippen molar-refractivity contribution >= 4 is 5.91 Å². The third-order valence-corrected chi connectivity index (χ3v) is 3.63. The molecule has 1 aliphatic rings. The van der Waals surface area contributed by atoms with E-state index in [1.165, 1.54) is 0 Å². The number of piperazine rings is 1. The maximum atomic E-state index is 11.5. The summed E-state index contributed by atoms with van der Waals surface area (Å²) in [6.07, 6.45) is 3.47. The fraction of sp³-hybridized carbons (Fsp3) is 0.929. The van der Waals surface area contributed by atoms with Gasteiger partial charge >= 0.3 is 0 Å². The third kappa shape index (κ3) is 8.18. The van der Waals surface area contributed by atoms with Gasteiger partial charge in [-0.3, -0.25) is 4.79 Å². The van der Waals surface area contributed by atoms with E-state index >= 15 is 0 Å². The van der Waals surface area contributed by atoms with Crippen LogP contribution in [-0.4, -0.2) is 68.1 Å². The summed E-state index contributed by atoms with van der Waals surface area (Å²) in [5.41, 5.74) is 5.65. The SMILES string of the molecule is CC(N)CCCC(=O)NCCCN1CCN(C)CC1. The lowest BCUT2D eigenvalue weighted by Gasteiger charge is -2.32. The molecular weight excluding hydrogens is 240 g/mol. The molecule has 0 aliphatic carbocycles. The zero-order valence-electron chi connectivity index (χ0n) is 12.5. The summed E-state index contributed by atoms with van der Waals surface area (Å²) in [5, 5.41) is 2.99. The van der Waals surface area contributed by atoms with Crippen molar-refractivity contribution in [3.8, 4) is 0 Å². The highest BCUT2D eigenvalue weighted by Gasteiger charge is 2.12. The number of rotatable bonds is 8. The van der Waals surface area contributed by atoms with Gasteiger partial charge in [0.25, 0.3) is 0 Å². The number of nitrogens with two attached hydrogens (primary N) is 1. The van der Waals surface area contributed by atoms with Crippen molar-refractivity contribution < 1.29 is 4.79 Å². The van der Waals surface area contributed by atoms with E-state index in [0.717, 1.165) is 58.5 Å². The summed E-state index contributed by atoms with van der Waals surface area (Å²) in [5.74, 6) is 0.166. The van der Waals surface area contributed by atoms with Crippen LogP contribution in [0.3, 0.4) is 0 Å². The Morgan fingerprint density at radius 2 is 1.95 bits per heavy atom. The van der Waals surface area contributed by atoms with Crippen molar-refractivity contribution in [2.45, 2.75) is 38.6 Å². The molecule has 5 heteroatoms. The molecule has 1 unspecified atom stereocenters. The van der Waals surface area contributed by atoms with E-state index in [4.69, 9.17) is 5.73 Å². The summed E-state index contributed by atoms with van der Waals surface area (Å²) in [6, 6.07) is 0.199. The van der Waals surface area contributed by atoms with E-state index in [-0.39, 0.29) is 11.9 Å². The summed E-state index contributed by atoms with van der Waals surface area (Å²) in [4.78, 5) is 16.4. The van der Waals surface area contributed by atoms with Crippen LogP contribution in [0.2, 0.25) is 0 Å². The molecule has 0 aromatic carbocycles. The Labute approximate surface area is 117 Å². The molecule has 0 saturated carbocycles. The van der Waals surface area contributed by atoms with Crippen molar-refractivity contribution in [3.63, 3.8) is 0 Å². The number of amides is 1. The number of carbonyl (C=O) groups is 1. The molecule has 0 spiro atoms. The summed E-state index contributed by atoms with van der Waals surface area (Å²) >= 11 is 0. The zero-order chi connectivity index (χ0) is 14.1. The maximum absolute atomic E-state index is 11.5. The number of hydrogen-bond donors (Lipinski definition) is 2. The first-order valence-electron chi connectivity index (χ1n) is 7.51. The minimum Gasteiger partial charge on any atom is -0.356 e. The number of likely N-dealkylation sites (N-methyl/N-ethyl adjacent to an activating group) is 1. The highest BCUT2D eigenvalue weighted by atomic mass is 16.1. The Balaban J connectivity index is 1.94. The molecule has 0 bridgehead atoms. The van der Waals surface area contributed by atoms with E-state index in [0.29, 0.717) is 6.42 Å². The Hall–Kier alpha value is -0.650. The van der Waals surface area contributed by atoms with Crippen molar-refractivity contribution in [2.24, 2.45) is 5.73 Å². The predicted octanol–water partition coefficient (Wildman–Crippen LogP) is 0.258. The quantitative estimate of drug-likeness (QED) is 0.621. The van der Waals surface area contributed by atoms with Crippen LogP contribution in [0.25, 0.3) is 0 Å². The van der Waals surface area contributed by atoms with Crippen LogP contribution >= 0.6 is 0 Å². The molecule has 1 fully saturated rings. The molecule has 0 radical (unpaired) electrons. The average molecular weight is 270 g/mol. The van der Waals surface area contributed by atoms with Gasteiger partial charge in [-0.15, -0.1) is 0 Å². The minimum atomic E-state index is 0.166. The largest absolute Gasteiger partial charge is 0.356 e. The molecule has 1 atom stereocenters. The molecule has 0 aromatic rings. The Morgan fingerprint density at radius 3 is 2.58 bits per heavy atom. The van der Waals surface area contributed by atoms with Gasteiger partial charge in [0.1, 0.15) is 0 Å². The first kappa shape index (κ1) is 16.4. The van der Waals surface area contributed by atoms with E-state index in [1.807, 2.05) is 6.92 Å². The summed E-state index contributed by atoms with van der Waals surface area (Å²) in [7, 11) is 2.17. The molecule has 19 heavy (non-hydrogen) atoms. The minimum absolute atomic E-state index is 0.166. The molecule has 0 aromatic heterocycles. The van der Waals surface area contributed by atoms with Gasteiger partial charge in [0, 0.05) is 45.2 Å². The van der Waals surface area contributed by atoms with Crippen LogP contribution in [0.15, 0.2) is 0 Å². The highest BCUT2D eigenvalue weighted by molar-refractivity contribution is 5.75. The summed E-state index contributed by atoms with van der Waals surface area (Å²) < 4.78 is 0. The van der Waals surface area contributed by atoms with E-state index in [1.54, 1.807) is 0 Å². The van der Waals surface area contributed by atoms with Crippen molar-refractivity contribution in [3.05, 3.63) is 0 Å². The van der Waals surface area contributed by atoms with Crippen molar-refractivity contribution in [1.29, 1.82) is 0 Å². The zero-order valence-corrected chi connectivity index (χ0v) is 12.5. The smallest absolute Gasteiger partial charge is 0.219 e. The number of nitrogens with zero attached hydrogens (tertiary/aromatic N) is 2. The lowest BCUT2D eigenvalue weighted by Crippen LogP contribution is -2.45. The number of carbonyl (C=O) groups excluding carboxylic acids is 1. The van der Waals surface area contributed by atoms with Crippen LogP contribution in [0.5, 0.6) is 0 Å². The topological polar surface area (TPSA) is 61.6 Å². The van der Waals surface area contributed by atoms with Gasteiger partial charge in [-0.05, 0) is 39.8 Å². The van der Waals surface area contributed by atoms with E-state index in [2.05, 4.69) is 22.2 Å². The fourth-order valence-electron chi connectivity index (χ4n) is 2.27. The average Bonchev–Trinajstić information content (AvgIpc) is 2.36. The second-order valence-electron chi connectivity index (χ2n) is 5.72. The first-order valence-corrected chi connectivity index (χ1v) is 7.51. The van der Waals surface area contributed by atoms with Gasteiger partial charge in [0.15, 0.2) is 0 Å². The highest BCUT2D eigenvalue weighted by Crippen LogP contribution is 2.00. The summed E-state index contributed by atoms with van der Waals surface area (Å²) in [6.45, 7) is 8.48. The Kier molecular flexibility index (Phi) is 8.02. The van der Waals surface area contributed by atoms with Crippen molar-refractivity contribution in [1.82, 2.24) is 15.1 Å². The monoisotopic (exact) mass is 270 g/mol. The van der Waals surface area contributed by atoms with Crippen LogP contribution in [0, 0.1) is 0 Å². The molecular formula is C14H30N4O. The van der Waals surface area contributed by atoms with Crippen LogP contribution in [0.1, 0.15) is 32.6 Å². The molecule has 1 rings (SSSR count). The standard InChI is InChI=1S/C14H30N4O/c1-13(15)5-3-6-14(19)16-7-4-8-18-11-9-17(2)10-12-18/h13H,3-12,15H2,1-2H3,(H,16,19). The van der Waals surface area contributed by atoms with Gasteiger partial charge in [-0.1, -0.05) is 0 Å². The van der Waals surface area contributed by atoms with Crippen LogP contribution < -0.4 is 11.1 Å². The molecule has 5 nitrogen and oxygen atoms in total. The maximum Gasteiger partial charge on any atom is 0.219 e. The van der Waals surface area contributed by atoms with E-state index in [9.17, 15) is 4.79 Å². The Bertz CT molecular complexity index is 250. The lowest BCUT2D eigenvalue weighted by atomic mass is 10.1. The molecule has 112 valence electrons. The van der Waals surface area contributed by atoms with Gasteiger partial charge in [-0.25, -0.2) is 0 Å². The molecule has 1 aliphatic heterocycles. The molecule has 1 saturated heterocycles. The van der Waals surface area contributed by atoms with Crippen molar-refractivity contribution in [2.75, 3.05) is 46.3 Å². The fourth-order valence-corrected chi connectivity index (χ4v) is 2.27.